The normalized spacial score (nSPS) is 20.2. The largest absolute Gasteiger partial charge is 0.476 e. The van der Waals surface area contributed by atoms with Crippen LogP contribution in [0.1, 0.15) is 52.5 Å². The molecular formula is C24H36BrN3O4. The predicted octanol–water partition coefficient (Wildman–Crippen LogP) is 3.52. The standard InChI is InChI=1S/C24H36BrN3O4/c1-16(2)28(18-8-6-9-26-15-18)22(29)13-17-12-20-21(14-19(17)25)32-24(3,4)23(30)27(20)10-7-11-31-5/h12,14,16,18,26H,6-11,13,15H2,1-5H3/t18-/m1/s1. The van der Waals surface area contributed by atoms with Crippen molar-refractivity contribution in [3.05, 3.63) is 22.2 Å². The zero-order valence-electron chi connectivity index (χ0n) is 19.9. The number of hydrogen-bond acceptors (Lipinski definition) is 5. The molecule has 0 saturated carbocycles. The van der Waals surface area contributed by atoms with Gasteiger partial charge < -0.3 is 24.6 Å². The van der Waals surface area contributed by atoms with Crippen LogP contribution in [0.25, 0.3) is 0 Å². The molecule has 1 aromatic carbocycles. The predicted molar refractivity (Wildman–Crippen MR) is 129 cm³/mol. The molecule has 0 unspecified atom stereocenters. The number of anilines is 1. The minimum atomic E-state index is -0.945. The fourth-order valence-corrected chi connectivity index (χ4v) is 5.06. The maximum absolute atomic E-state index is 13.4. The van der Waals surface area contributed by atoms with Crippen molar-refractivity contribution in [3.8, 4) is 5.75 Å². The summed E-state index contributed by atoms with van der Waals surface area (Å²) in [5.74, 6) is 0.661. The second kappa shape index (κ2) is 10.5. The van der Waals surface area contributed by atoms with Gasteiger partial charge in [0.2, 0.25) is 5.91 Å². The fraction of sp³-hybridized carbons (Fsp3) is 0.667. The lowest BCUT2D eigenvalue weighted by atomic mass is 10.00. The molecule has 0 bridgehead atoms. The second-order valence-electron chi connectivity index (χ2n) is 9.40. The van der Waals surface area contributed by atoms with Crippen LogP contribution < -0.4 is 15.0 Å². The average molecular weight is 510 g/mol. The van der Waals surface area contributed by atoms with Gasteiger partial charge in [-0.25, -0.2) is 0 Å². The number of ether oxygens (including phenoxy) is 2. The Balaban J connectivity index is 1.88. The number of hydrogen-bond donors (Lipinski definition) is 1. The summed E-state index contributed by atoms with van der Waals surface area (Å²) in [6.45, 7) is 10.7. The van der Waals surface area contributed by atoms with E-state index in [0.29, 0.717) is 24.6 Å². The van der Waals surface area contributed by atoms with E-state index < -0.39 is 5.60 Å². The van der Waals surface area contributed by atoms with Crippen LogP contribution in [-0.4, -0.2) is 67.7 Å². The third-order valence-electron chi connectivity index (χ3n) is 6.12. The van der Waals surface area contributed by atoms with Gasteiger partial charge in [-0.1, -0.05) is 15.9 Å². The van der Waals surface area contributed by atoms with Gasteiger partial charge in [-0.15, -0.1) is 0 Å². The number of carbonyl (C=O) groups is 2. The van der Waals surface area contributed by atoms with E-state index in [9.17, 15) is 9.59 Å². The first-order chi connectivity index (χ1) is 15.2. The van der Waals surface area contributed by atoms with Crippen molar-refractivity contribution in [2.24, 2.45) is 0 Å². The maximum atomic E-state index is 13.4. The first-order valence-corrected chi connectivity index (χ1v) is 12.3. The lowest BCUT2D eigenvalue weighted by molar-refractivity contribution is -0.135. The van der Waals surface area contributed by atoms with Crippen molar-refractivity contribution < 1.29 is 19.1 Å². The Morgan fingerprint density at radius 1 is 1.41 bits per heavy atom. The Morgan fingerprint density at radius 3 is 2.78 bits per heavy atom. The summed E-state index contributed by atoms with van der Waals surface area (Å²) >= 11 is 3.64. The third-order valence-corrected chi connectivity index (χ3v) is 6.86. The SMILES string of the molecule is COCCCN1C(=O)C(C)(C)Oc2cc(Br)c(CC(=O)N(C(C)C)[C@@H]3CCCNC3)cc21. The molecule has 2 aliphatic heterocycles. The van der Waals surface area contributed by atoms with Crippen molar-refractivity contribution in [2.45, 2.75) is 71.1 Å². The molecule has 1 N–H and O–H groups in total. The summed E-state index contributed by atoms with van der Waals surface area (Å²) < 4.78 is 12.0. The van der Waals surface area contributed by atoms with E-state index in [4.69, 9.17) is 9.47 Å². The van der Waals surface area contributed by atoms with Crippen molar-refractivity contribution in [1.29, 1.82) is 0 Å². The van der Waals surface area contributed by atoms with E-state index in [-0.39, 0.29) is 30.3 Å². The topological polar surface area (TPSA) is 71.1 Å². The van der Waals surface area contributed by atoms with E-state index in [2.05, 4.69) is 35.1 Å². The van der Waals surface area contributed by atoms with Crippen LogP contribution in [0.4, 0.5) is 5.69 Å². The molecule has 3 rings (SSSR count). The first kappa shape index (κ1) is 25.0. The Hall–Kier alpha value is -1.64. The summed E-state index contributed by atoms with van der Waals surface area (Å²) in [5.41, 5.74) is 0.627. The van der Waals surface area contributed by atoms with Crippen molar-refractivity contribution >= 4 is 33.4 Å². The molecule has 2 aliphatic rings. The highest BCUT2D eigenvalue weighted by molar-refractivity contribution is 9.10. The summed E-state index contributed by atoms with van der Waals surface area (Å²) in [4.78, 5) is 30.3. The molecule has 2 amide bonds. The van der Waals surface area contributed by atoms with Gasteiger partial charge in [0.1, 0.15) is 5.75 Å². The number of amides is 2. The molecule has 0 radical (unpaired) electrons. The Morgan fingerprint density at radius 2 is 2.16 bits per heavy atom. The molecule has 0 spiro atoms. The van der Waals surface area contributed by atoms with Crippen molar-refractivity contribution in [2.75, 3.05) is 38.3 Å². The molecule has 8 heteroatoms. The molecule has 32 heavy (non-hydrogen) atoms. The molecular weight excluding hydrogens is 474 g/mol. The minimum Gasteiger partial charge on any atom is -0.476 e. The van der Waals surface area contributed by atoms with Crippen molar-refractivity contribution in [1.82, 2.24) is 10.2 Å². The number of nitrogens with zero attached hydrogens (tertiary/aromatic N) is 2. The first-order valence-electron chi connectivity index (χ1n) is 11.5. The summed E-state index contributed by atoms with van der Waals surface area (Å²) in [6.07, 6.45) is 3.09. The number of rotatable bonds is 8. The van der Waals surface area contributed by atoms with Crippen LogP contribution in [0.5, 0.6) is 5.75 Å². The van der Waals surface area contributed by atoms with E-state index in [1.54, 1.807) is 25.9 Å². The van der Waals surface area contributed by atoms with Crippen LogP contribution in [0.3, 0.4) is 0 Å². The van der Waals surface area contributed by atoms with Crippen LogP contribution in [0.2, 0.25) is 0 Å². The van der Waals surface area contributed by atoms with Gasteiger partial charge in [0.15, 0.2) is 5.60 Å². The second-order valence-corrected chi connectivity index (χ2v) is 10.3. The molecule has 1 saturated heterocycles. The number of carbonyl (C=O) groups excluding carboxylic acids is 2. The monoisotopic (exact) mass is 509 g/mol. The van der Waals surface area contributed by atoms with Crippen LogP contribution >= 0.6 is 15.9 Å². The molecule has 0 aromatic heterocycles. The lowest BCUT2D eigenvalue weighted by Crippen LogP contribution is -2.53. The van der Waals surface area contributed by atoms with Gasteiger partial charge in [0.25, 0.3) is 5.91 Å². The Kier molecular flexibility index (Phi) is 8.22. The summed E-state index contributed by atoms with van der Waals surface area (Å²) in [7, 11) is 1.65. The van der Waals surface area contributed by atoms with Gasteiger partial charge >= 0.3 is 0 Å². The Labute approximate surface area is 199 Å². The smallest absolute Gasteiger partial charge is 0.270 e. The maximum Gasteiger partial charge on any atom is 0.270 e. The van der Waals surface area contributed by atoms with Crippen LogP contribution in [0.15, 0.2) is 16.6 Å². The quantitative estimate of drug-likeness (QED) is 0.542. The van der Waals surface area contributed by atoms with Gasteiger partial charge in [-0.2, -0.15) is 0 Å². The lowest BCUT2D eigenvalue weighted by Gasteiger charge is -2.39. The molecule has 1 aromatic rings. The zero-order chi connectivity index (χ0) is 23.5. The average Bonchev–Trinajstić information content (AvgIpc) is 2.72. The van der Waals surface area contributed by atoms with Crippen molar-refractivity contribution in [3.63, 3.8) is 0 Å². The van der Waals surface area contributed by atoms with Crippen LogP contribution in [0, 0.1) is 0 Å². The highest BCUT2D eigenvalue weighted by Crippen LogP contribution is 2.41. The highest BCUT2D eigenvalue weighted by atomic mass is 79.9. The number of nitrogens with one attached hydrogen (secondary N) is 1. The molecule has 0 aliphatic carbocycles. The van der Waals surface area contributed by atoms with Gasteiger partial charge in [0.05, 0.1) is 12.1 Å². The van der Waals surface area contributed by atoms with E-state index in [1.165, 1.54) is 0 Å². The number of piperidine rings is 1. The highest BCUT2D eigenvalue weighted by Gasteiger charge is 2.41. The van der Waals surface area contributed by atoms with E-state index in [0.717, 1.165) is 42.4 Å². The molecule has 178 valence electrons. The third kappa shape index (κ3) is 5.46. The number of benzene rings is 1. The van der Waals surface area contributed by atoms with Gasteiger partial charge in [0, 0.05) is 43.4 Å². The number of halogens is 1. The zero-order valence-corrected chi connectivity index (χ0v) is 21.5. The van der Waals surface area contributed by atoms with Gasteiger partial charge in [-0.3, -0.25) is 9.59 Å². The number of fused-ring (bicyclic) bond motifs is 1. The molecule has 7 nitrogen and oxygen atoms in total. The van der Waals surface area contributed by atoms with Gasteiger partial charge in [-0.05, 0) is 71.2 Å². The van der Waals surface area contributed by atoms with E-state index in [1.807, 2.05) is 17.0 Å². The number of methoxy groups -OCH3 is 1. The van der Waals surface area contributed by atoms with Crippen LogP contribution in [-0.2, 0) is 20.7 Å². The summed E-state index contributed by atoms with van der Waals surface area (Å²) in [5, 5.41) is 3.41. The molecule has 1 fully saturated rings. The van der Waals surface area contributed by atoms with E-state index >= 15 is 0 Å². The Bertz CT molecular complexity index is 837. The molecule has 2 heterocycles. The summed E-state index contributed by atoms with van der Waals surface area (Å²) in [6, 6.07) is 4.15. The fourth-order valence-electron chi connectivity index (χ4n) is 4.60. The molecule has 1 atom stereocenters. The minimum absolute atomic E-state index is 0.0854.